The molecule has 5 rings (SSSR count). The minimum Gasteiger partial charge on any atom is -0.483 e. The van der Waals surface area contributed by atoms with Crippen molar-refractivity contribution >= 4 is 6.47 Å². The van der Waals surface area contributed by atoms with Gasteiger partial charge in [0.05, 0.1) is 5.69 Å². The van der Waals surface area contributed by atoms with Crippen LogP contribution >= 0.6 is 0 Å². The van der Waals surface area contributed by atoms with Crippen molar-refractivity contribution in [1.29, 1.82) is 0 Å². The Morgan fingerprint density at radius 3 is 2.77 bits per heavy atom. The smallest absolute Gasteiger partial charge is 0.290 e. The second-order valence-electron chi connectivity index (χ2n) is 8.01. The van der Waals surface area contributed by atoms with Crippen LogP contribution in [0.15, 0.2) is 55.1 Å². The van der Waals surface area contributed by atoms with Gasteiger partial charge in [0.25, 0.3) is 6.47 Å². The third-order valence-corrected chi connectivity index (χ3v) is 6.25. The maximum atomic E-state index is 8.36. The summed E-state index contributed by atoms with van der Waals surface area (Å²) < 4.78 is 4.27. The number of aromatic nitrogens is 4. The van der Waals surface area contributed by atoms with Gasteiger partial charge in [0.1, 0.15) is 5.82 Å². The summed E-state index contributed by atoms with van der Waals surface area (Å²) in [7, 11) is 0. The van der Waals surface area contributed by atoms with E-state index in [1.165, 1.54) is 45.2 Å². The van der Waals surface area contributed by atoms with Gasteiger partial charge in [-0.25, -0.2) is 9.67 Å². The number of benzene rings is 1. The zero-order valence-corrected chi connectivity index (χ0v) is 17.2. The highest BCUT2D eigenvalue weighted by molar-refractivity contribution is 5.59. The van der Waals surface area contributed by atoms with Crippen molar-refractivity contribution in [1.82, 2.24) is 24.2 Å². The molecule has 0 radical (unpaired) electrons. The quantitative estimate of drug-likeness (QED) is 0.668. The fourth-order valence-corrected chi connectivity index (χ4v) is 4.97. The van der Waals surface area contributed by atoms with Crippen LogP contribution in [0, 0.1) is 5.92 Å². The van der Waals surface area contributed by atoms with E-state index in [1.54, 1.807) is 0 Å². The van der Waals surface area contributed by atoms with Gasteiger partial charge in [-0.15, -0.1) is 0 Å². The Morgan fingerprint density at radius 1 is 1.07 bits per heavy atom. The lowest BCUT2D eigenvalue weighted by Crippen LogP contribution is -2.49. The van der Waals surface area contributed by atoms with Crippen molar-refractivity contribution in [3.05, 3.63) is 55.1 Å². The molecule has 0 spiro atoms. The second kappa shape index (κ2) is 9.71. The first kappa shape index (κ1) is 20.3. The molecule has 1 aromatic carbocycles. The fraction of sp³-hybridized carbons (Fsp3) is 0.435. The molecular weight excluding hydrogens is 378 g/mol. The molecule has 1 N–H and O–H groups in total. The molecule has 4 heterocycles. The fourth-order valence-electron chi connectivity index (χ4n) is 4.97. The Hall–Kier alpha value is -2.93. The van der Waals surface area contributed by atoms with E-state index in [-0.39, 0.29) is 6.47 Å². The molecule has 0 bridgehead atoms. The average Bonchev–Trinajstić information content (AvgIpc) is 3.47. The normalized spacial score (nSPS) is 21.3. The topological polar surface area (TPSA) is 76.2 Å². The van der Waals surface area contributed by atoms with Crippen molar-refractivity contribution in [2.45, 2.75) is 44.7 Å². The van der Waals surface area contributed by atoms with Crippen LogP contribution in [-0.4, -0.2) is 54.9 Å². The molecule has 2 aliphatic rings. The molecule has 2 saturated heterocycles. The van der Waals surface area contributed by atoms with E-state index in [9.17, 15) is 0 Å². The van der Waals surface area contributed by atoms with E-state index < -0.39 is 0 Å². The number of carboxylic acid groups (broad SMARTS) is 1. The molecule has 2 aromatic heterocycles. The highest BCUT2D eigenvalue weighted by Gasteiger charge is 2.33. The third-order valence-electron chi connectivity index (χ3n) is 6.25. The second-order valence-corrected chi connectivity index (χ2v) is 8.01. The summed E-state index contributed by atoms with van der Waals surface area (Å²) in [5, 5.41) is 11.2. The zero-order chi connectivity index (χ0) is 20.8. The van der Waals surface area contributed by atoms with E-state index in [2.05, 4.69) is 45.0 Å². The molecule has 0 aliphatic carbocycles. The van der Waals surface area contributed by atoms with Gasteiger partial charge in [-0.2, -0.15) is 5.10 Å². The number of hydrogen-bond acceptors (Lipinski definition) is 4. The lowest BCUT2D eigenvalue weighted by Gasteiger charge is -2.44. The largest absolute Gasteiger partial charge is 0.483 e. The van der Waals surface area contributed by atoms with Gasteiger partial charge in [-0.1, -0.05) is 18.6 Å². The van der Waals surface area contributed by atoms with Gasteiger partial charge >= 0.3 is 0 Å². The van der Waals surface area contributed by atoms with E-state index in [0.717, 1.165) is 35.6 Å². The third kappa shape index (κ3) is 4.46. The van der Waals surface area contributed by atoms with Gasteiger partial charge in [0, 0.05) is 42.9 Å². The van der Waals surface area contributed by atoms with E-state index in [4.69, 9.17) is 14.9 Å². The van der Waals surface area contributed by atoms with Crippen molar-refractivity contribution in [2.24, 2.45) is 5.92 Å². The maximum Gasteiger partial charge on any atom is 0.290 e. The number of hydrogen-bond donors (Lipinski definition) is 1. The molecule has 158 valence electrons. The molecule has 0 amide bonds. The van der Waals surface area contributed by atoms with Crippen LogP contribution in [0.3, 0.4) is 0 Å². The minimum atomic E-state index is -0.250. The molecule has 7 heteroatoms. The maximum absolute atomic E-state index is 8.36. The van der Waals surface area contributed by atoms with Crippen LogP contribution in [0.4, 0.5) is 0 Å². The van der Waals surface area contributed by atoms with Crippen molar-refractivity contribution in [2.75, 3.05) is 13.1 Å². The standard InChI is InChI=1S/C22H27N5.CH2O2/c1-2-12-25-13-4-7-19(21(25)9-1)17-26-15-11-23-22(26)18-6-3-8-20(16-18)27-14-5-10-24-27;2-1-3/h3,5-6,8,10-11,14-16,19,21H,1-2,4,7,9,12-13,17H2;1H,(H,2,3)/t19-,21+;/m0./s1. The lowest BCUT2D eigenvalue weighted by atomic mass is 9.83. The summed E-state index contributed by atoms with van der Waals surface area (Å²) in [4.78, 5) is 15.8. The number of rotatable bonds is 4. The molecular formula is C23H29N5O2. The Labute approximate surface area is 177 Å². The molecule has 30 heavy (non-hydrogen) atoms. The Morgan fingerprint density at radius 2 is 1.93 bits per heavy atom. The number of carbonyl (C=O) groups is 1. The highest BCUT2D eigenvalue weighted by Crippen LogP contribution is 2.33. The average molecular weight is 408 g/mol. The van der Waals surface area contributed by atoms with Gasteiger partial charge in [0.15, 0.2) is 0 Å². The molecule has 2 aliphatic heterocycles. The number of imidazole rings is 1. The van der Waals surface area contributed by atoms with Crippen LogP contribution in [0.1, 0.15) is 32.1 Å². The van der Waals surface area contributed by atoms with Crippen molar-refractivity contribution in [3.8, 4) is 17.1 Å². The van der Waals surface area contributed by atoms with Crippen LogP contribution in [0.2, 0.25) is 0 Å². The summed E-state index contributed by atoms with van der Waals surface area (Å²) in [5.41, 5.74) is 2.23. The number of fused-ring (bicyclic) bond motifs is 1. The van der Waals surface area contributed by atoms with Crippen LogP contribution in [0.5, 0.6) is 0 Å². The van der Waals surface area contributed by atoms with Crippen LogP contribution < -0.4 is 0 Å². The summed E-state index contributed by atoms with van der Waals surface area (Å²) in [6.45, 7) is 3.41. The number of nitrogens with zero attached hydrogens (tertiary/aromatic N) is 5. The minimum absolute atomic E-state index is 0.250. The van der Waals surface area contributed by atoms with Gasteiger partial charge in [-0.05, 0) is 62.9 Å². The predicted molar refractivity (Wildman–Crippen MR) is 115 cm³/mol. The molecule has 3 aromatic rings. The summed E-state index contributed by atoms with van der Waals surface area (Å²) in [5.74, 6) is 1.80. The molecule has 2 atom stereocenters. The van der Waals surface area contributed by atoms with Gasteiger partial charge < -0.3 is 14.6 Å². The summed E-state index contributed by atoms with van der Waals surface area (Å²) in [6.07, 6.45) is 14.7. The summed E-state index contributed by atoms with van der Waals surface area (Å²) >= 11 is 0. The first-order valence-electron chi connectivity index (χ1n) is 10.7. The number of piperidine rings is 2. The van der Waals surface area contributed by atoms with Crippen LogP contribution in [-0.2, 0) is 11.3 Å². The summed E-state index contributed by atoms with van der Waals surface area (Å²) in [6, 6.07) is 11.2. The van der Waals surface area contributed by atoms with Gasteiger partial charge in [-0.3, -0.25) is 4.79 Å². The molecule has 0 unspecified atom stereocenters. The monoisotopic (exact) mass is 407 g/mol. The van der Waals surface area contributed by atoms with Crippen molar-refractivity contribution in [3.63, 3.8) is 0 Å². The van der Waals surface area contributed by atoms with E-state index in [1.807, 2.05) is 29.3 Å². The van der Waals surface area contributed by atoms with Gasteiger partial charge in [0.2, 0.25) is 0 Å². The van der Waals surface area contributed by atoms with E-state index in [0.29, 0.717) is 0 Å². The molecule has 0 saturated carbocycles. The van der Waals surface area contributed by atoms with Crippen molar-refractivity contribution < 1.29 is 9.90 Å². The Balaban J connectivity index is 0.000000687. The lowest BCUT2D eigenvalue weighted by molar-refractivity contribution is -0.122. The SMILES string of the molecule is O=CO.c1cc(-c2nccn2C[C@@H]2CCCN3CCCC[C@H]23)cc(-n2cccn2)c1. The van der Waals surface area contributed by atoms with Crippen LogP contribution in [0.25, 0.3) is 17.1 Å². The van der Waals surface area contributed by atoms with E-state index >= 15 is 0 Å². The molecule has 2 fully saturated rings. The molecule has 7 nitrogen and oxygen atoms in total. The first-order chi connectivity index (χ1) is 14.8. The first-order valence-corrected chi connectivity index (χ1v) is 10.7. The Kier molecular flexibility index (Phi) is 6.59. The predicted octanol–water partition coefficient (Wildman–Crippen LogP) is 3.70. The zero-order valence-electron chi connectivity index (χ0n) is 17.2. The Bertz CT molecular complexity index is 935. The highest BCUT2D eigenvalue weighted by atomic mass is 16.3.